The van der Waals surface area contributed by atoms with Gasteiger partial charge < -0.3 is 14.5 Å². The van der Waals surface area contributed by atoms with E-state index < -0.39 is 0 Å². The lowest BCUT2D eigenvalue weighted by Crippen LogP contribution is -2.10. The Morgan fingerprint density at radius 3 is 1.75 bits per heavy atom. The van der Waals surface area contributed by atoms with Crippen molar-refractivity contribution in [1.82, 2.24) is 10.3 Å². The van der Waals surface area contributed by atoms with Crippen LogP contribution in [0.3, 0.4) is 0 Å². The molecule has 7 aromatic carbocycles. The standard InChI is InChI=1S/C44H30N2O2/c1-2-7-29(8-3-1)34-9-6-10-35(27-34)36-21-22-39-40(28-36)42(31-15-19-33(20-16-31)44-46-24-26-48-44)38-12-5-4-11-37(38)41(39)30-13-17-32(18-14-30)43-45-23-25-47-43/h1-28,43,45H. The lowest BCUT2D eigenvalue weighted by Gasteiger charge is -2.19. The predicted octanol–water partition coefficient (Wildman–Crippen LogP) is 11.4. The van der Waals surface area contributed by atoms with Crippen molar-refractivity contribution < 1.29 is 9.15 Å². The van der Waals surface area contributed by atoms with Crippen LogP contribution in [0.15, 0.2) is 175 Å². The fourth-order valence-electron chi connectivity index (χ4n) is 6.92. The van der Waals surface area contributed by atoms with Crippen molar-refractivity contribution in [1.29, 1.82) is 0 Å². The molecule has 9 rings (SSSR count). The lowest BCUT2D eigenvalue weighted by atomic mass is 9.84. The van der Waals surface area contributed by atoms with E-state index in [9.17, 15) is 0 Å². The third kappa shape index (κ3) is 4.91. The molecule has 0 bridgehead atoms. The molecule has 0 spiro atoms. The van der Waals surface area contributed by atoms with E-state index in [4.69, 9.17) is 9.15 Å². The van der Waals surface area contributed by atoms with Crippen molar-refractivity contribution in [2.24, 2.45) is 0 Å². The molecule has 1 N–H and O–H groups in total. The molecule has 0 saturated heterocycles. The second-order valence-electron chi connectivity index (χ2n) is 12.0. The minimum absolute atomic E-state index is 0.163. The SMILES string of the molecule is C1=COC(c2ccc(-c3c4ccccc4c(-c4ccc(-c5ncco5)cc4)c4cc(-c5cccc(-c6ccccc6)c5)ccc34)cc2)N1. The summed E-state index contributed by atoms with van der Waals surface area (Å²) in [6.45, 7) is 0. The monoisotopic (exact) mass is 618 g/mol. The van der Waals surface area contributed by atoms with E-state index in [1.165, 1.54) is 54.9 Å². The van der Waals surface area contributed by atoms with Gasteiger partial charge in [-0.3, -0.25) is 0 Å². The summed E-state index contributed by atoms with van der Waals surface area (Å²) in [4.78, 5) is 4.36. The number of nitrogens with one attached hydrogen (secondary N) is 1. The summed E-state index contributed by atoms with van der Waals surface area (Å²) in [6.07, 6.45) is 6.66. The highest BCUT2D eigenvalue weighted by Crippen LogP contribution is 2.45. The number of aromatic nitrogens is 1. The van der Waals surface area contributed by atoms with Crippen molar-refractivity contribution in [3.63, 3.8) is 0 Å². The van der Waals surface area contributed by atoms with Crippen LogP contribution in [0.25, 0.3) is 77.5 Å². The first-order valence-electron chi connectivity index (χ1n) is 16.1. The molecule has 48 heavy (non-hydrogen) atoms. The fraction of sp³-hybridized carbons (Fsp3) is 0.0227. The van der Waals surface area contributed by atoms with Crippen LogP contribution >= 0.6 is 0 Å². The van der Waals surface area contributed by atoms with Gasteiger partial charge in [0.15, 0.2) is 6.23 Å². The van der Waals surface area contributed by atoms with Gasteiger partial charge in [0.25, 0.3) is 0 Å². The first-order valence-corrected chi connectivity index (χ1v) is 16.1. The molecule has 1 aromatic heterocycles. The summed E-state index contributed by atoms with van der Waals surface area (Å²) in [6, 6.07) is 52.3. The first kappa shape index (κ1) is 27.9. The Balaban J connectivity index is 1.27. The molecular weight excluding hydrogens is 588 g/mol. The van der Waals surface area contributed by atoms with Crippen LogP contribution in [0.1, 0.15) is 11.8 Å². The zero-order valence-corrected chi connectivity index (χ0v) is 26.0. The average molecular weight is 619 g/mol. The third-order valence-corrected chi connectivity index (χ3v) is 9.21. The number of hydrogen-bond acceptors (Lipinski definition) is 4. The molecular formula is C44H30N2O2. The quantitative estimate of drug-likeness (QED) is 0.188. The number of hydrogen-bond donors (Lipinski definition) is 1. The van der Waals surface area contributed by atoms with Gasteiger partial charge in [0.05, 0.1) is 6.20 Å². The summed E-state index contributed by atoms with van der Waals surface area (Å²) in [7, 11) is 0. The minimum Gasteiger partial charge on any atom is -0.473 e. The second kappa shape index (κ2) is 11.8. The highest BCUT2D eigenvalue weighted by atomic mass is 16.5. The Bertz CT molecular complexity index is 2420. The lowest BCUT2D eigenvalue weighted by molar-refractivity contribution is 0.155. The van der Waals surface area contributed by atoms with Crippen LogP contribution in [0, 0.1) is 0 Å². The van der Waals surface area contributed by atoms with Gasteiger partial charge in [-0.15, -0.1) is 0 Å². The van der Waals surface area contributed by atoms with Gasteiger partial charge in [-0.2, -0.15) is 0 Å². The molecule has 2 heterocycles. The highest BCUT2D eigenvalue weighted by molar-refractivity contribution is 6.22. The Labute approximate surface area is 278 Å². The van der Waals surface area contributed by atoms with E-state index in [1.807, 2.05) is 6.20 Å². The molecule has 8 aromatic rings. The molecule has 1 atom stereocenters. The van der Waals surface area contributed by atoms with E-state index in [0.717, 1.165) is 22.3 Å². The number of ether oxygens (including phenoxy) is 1. The number of fused-ring (bicyclic) bond motifs is 2. The van der Waals surface area contributed by atoms with E-state index >= 15 is 0 Å². The molecule has 1 unspecified atom stereocenters. The predicted molar refractivity (Wildman–Crippen MR) is 195 cm³/mol. The molecule has 0 aliphatic carbocycles. The number of oxazole rings is 1. The number of rotatable bonds is 6. The normalized spacial score (nSPS) is 13.9. The molecule has 1 aliphatic heterocycles. The minimum atomic E-state index is -0.163. The van der Waals surface area contributed by atoms with Gasteiger partial charge in [0, 0.05) is 17.3 Å². The molecule has 4 nitrogen and oxygen atoms in total. The van der Waals surface area contributed by atoms with Crippen molar-refractivity contribution in [3.8, 4) is 56.0 Å². The molecule has 0 amide bonds. The zero-order chi connectivity index (χ0) is 31.9. The molecule has 228 valence electrons. The molecule has 0 radical (unpaired) electrons. The van der Waals surface area contributed by atoms with E-state index in [0.29, 0.717) is 5.89 Å². The van der Waals surface area contributed by atoms with Crippen LogP contribution in [0.5, 0.6) is 0 Å². The maximum atomic E-state index is 5.71. The van der Waals surface area contributed by atoms with Crippen molar-refractivity contribution in [2.75, 3.05) is 0 Å². The molecule has 0 saturated carbocycles. The molecule has 1 aliphatic rings. The summed E-state index contributed by atoms with van der Waals surface area (Å²) < 4.78 is 11.3. The smallest absolute Gasteiger partial charge is 0.225 e. The van der Waals surface area contributed by atoms with Crippen LogP contribution < -0.4 is 5.32 Å². The van der Waals surface area contributed by atoms with Gasteiger partial charge in [-0.25, -0.2) is 4.98 Å². The van der Waals surface area contributed by atoms with Gasteiger partial charge >= 0.3 is 0 Å². The number of benzene rings is 7. The van der Waals surface area contributed by atoms with Gasteiger partial charge in [0.2, 0.25) is 5.89 Å². The van der Waals surface area contributed by atoms with E-state index in [1.54, 1.807) is 18.7 Å². The van der Waals surface area contributed by atoms with E-state index in [2.05, 4.69) is 156 Å². The van der Waals surface area contributed by atoms with Crippen molar-refractivity contribution >= 4 is 21.5 Å². The van der Waals surface area contributed by atoms with Gasteiger partial charge in [-0.1, -0.05) is 121 Å². The fourth-order valence-corrected chi connectivity index (χ4v) is 6.92. The van der Waals surface area contributed by atoms with Crippen LogP contribution in [-0.2, 0) is 4.74 Å². The zero-order valence-electron chi connectivity index (χ0n) is 26.0. The largest absolute Gasteiger partial charge is 0.473 e. The summed E-state index contributed by atoms with van der Waals surface area (Å²) in [5.74, 6) is 0.615. The van der Waals surface area contributed by atoms with E-state index in [-0.39, 0.29) is 6.23 Å². The molecule has 4 heteroatoms. The second-order valence-corrected chi connectivity index (χ2v) is 12.0. The Kier molecular flexibility index (Phi) is 6.83. The van der Waals surface area contributed by atoms with Crippen LogP contribution in [0.2, 0.25) is 0 Å². The number of nitrogens with zero attached hydrogens (tertiary/aromatic N) is 1. The van der Waals surface area contributed by atoms with Crippen LogP contribution in [0.4, 0.5) is 0 Å². The first-order chi connectivity index (χ1) is 23.8. The average Bonchev–Trinajstić information content (AvgIpc) is 3.91. The summed E-state index contributed by atoms with van der Waals surface area (Å²) in [5.41, 5.74) is 11.5. The van der Waals surface area contributed by atoms with Gasteiger partial charge in [0.1, 0.15) is 12.5 Å². The van der Waals surface area contributed by atoms with Gasteiger partial charge in [-0.05, 0) is 90.3 Å². The summed E-state index contributed by atoms with van der Waals surface area (Å²) in [5, 5.41) is 8.06. The Morgan fingerprint density at radius 2 is 1.06 bits per heavy atom. The van der Waals surface area contributed by atoms with Crippen molar-refractivity contribution in [3.05, 3.63) is 176 Å². The third-order valence-electron chi connectivity index (χ3n) is 9.21. The Hall–Kier alpha value is -6.39. The van der Waals surface area contributed by atoms with Crippen LogP contribution in [-0.4, -0.2) is 4.98 Å². The maximum Gasteiger partial charge on any atom is 0.225 e. The maximum absolute atomic E-state index is 5.71. The molecule has 0 fully saturated rings. The topological polar surface area (TPSA) is 47.3 Å². The summed E-state index contributed by atoms with van der Waals surface area (Å²) >= 11 is 0. The van der Waals surface area contributed by atoms with Crippen molar-refractivity contribution in [2.45, 2.75) is 6.23 Å². The highest BCUT2D eigenvalue weighted by Gasteiger charge is 2.19. The Morgan fingerprint density at radius 1 is 0.479 bits per heavy atom.